The Hall–Kier alpha value is -3.12. The number of nitrogens with one attached hydrogen (secondary N) is 1. The van der Waals surface area contributed by atoms with Gasteiger partial charge in [0.25, 0.3) is 0 Å². The summed E-state index contributed by atoms with van der Waals surface area (Å²) in [4.78, 5) is 24.2. The number of aryl methyl sites for hydroxylation is 2. The highest BCUT2D eigenvalue weighted by Gasteiger charge is 2.24. The van der Waals surface area contributed by atoms with Crippen LogP contribution in [0.15, 0.2) is 49.1 Å². The van der Waals surface area contributed by atoms with E-state index >= 15 is 0 Å². The molecule has 34 heavy (non-hydrogen) atoms. The van der Waals surface area contributed by atoms with Crippen LogP contribution in [0, 0.1) is 19.8 Å². The van der Waals surface area contributed by atoms with E-state index in [0.29, 0.717) is 19.0 Å². The normalized spacial score (nSPS) is 16.5. The first-order valence-electron chi connectivity index (χ1n) is 11.9. The molecule has 0 spiro atoms. The third kappa shape index (κ3) is 6.94. The molecule has 0 saturated carbocycles. The van der Waals surface area contributed by atoms with Crippen LogP contribution >= 0.6 is 0 Å². The summed E-state index contributed by atoms with van der Waals surface area (Å²) in [6, 6.07) is 11.3. The lowest BCUT2D eigenvalue weighted by Crippen LogP contribution is -2.37. The summed E-state index contributed by atoms with van der Waals surface area (Å²) in [5.41, 5.74) is 3.87. The summed E-state index contributed by atoms with van der Waals surface area (Å²) in [5.74, 6) is -0.296. The highest BCUT2D eigenvalue weighted by Crippen LogP contribution is 2.27. The van der Waals surface area contributed by atoms with Gasteiger partial charge in [-0.25, -0.2) is 4.79 Å². The number of hydrogen-bond donors (Lipinski definition) is 2. The number of benzene rings is 2. The van der Waals surface area contributed by atoms with Crippen molar-refractivity contribution in [1.29, 1.82) is 0 Å². The molecule has 6 heteroatoms. The number of carboxylic acids is 1. The van der Waals surface area contributed by atoms with Gasteiger partial charge in [-0.15, -0.1) is 6.58 Å². The predicted octanol–water partition coefficient (Wildman–Crippen LogP) is 5.52. The van der Waals surface area contributed by atoms with Crippen molar-refractivity contribution in [2.75, 3.05) is 13.2 Å². The molecule has 1 amide bonds. The summed E-state index contributed by atoms with van der Waals surface area (Å²) in [6.07, 6.45) is 6.33. The third-order valence-corrected chi connectivity index (χ3v) is 6.19. The quantitative estimate of drug-likeness (QED) is 0.337. The Labute approximate surface area is 202 Å². The molecule has 0 radical (unpaired) electrons. The first kappa shape index (κ1) is 25.5. The summed E-state index contributed by atoms with van der Waals surface area (Å²) < 4.78 is 11.6. The zero-order valence-electron chi connectivity index (χ0n) is 20.1. The third-order valence-electron chi connectivity index (χ3n) is 6.19. The Morgan fingerprint density at radius 1 is 1.26 bits per heavy atom. The Balaban J connectivity index is 1.72. The Bertz CT molecular complexity index is 987. The lowest BCUT2D eigenvalue weighted by molar-refractivity contribution is -0.129. The minimum Gasteiger partial charge on any atom is -0.488 e. The van der Waals surface area contributed by atoms with E-state index in [4.69, 9.17) is 9.47 Å². The number of hydrogen-bond acceptors (Lipinski definition) is 4. The molecule has 1 aliphatic rings. The van der Waals surface area contributed by atoms with Gasteiger partial charge in [-0.1, -0.05) is 30.3 Å². The van der Waals surface area contributed by atoms with Gasteiger partial charge in [-0.3, -0.25) is 4.79 Å². The summed E-state index contributed by atoms with van der Waals surface area (Å²) in [7, 11) is 0. The molecule has 1 fully saturated rings. The van der Waals surface area contributed by atoms with Crippen molar-refractivity contribution in [1.82, 2.24) is 5.32 Å². The van der Waals surface area contributed by atoms with E-state index < -0.39 is 5.97 Å². The van der Waals surface area contributed by atoms with Gasteiger partial charge in [0.1, 0.15) is 12.4 Å². The Morgan fingerprint density at radius 2 is 2.03 bits per heavy atom. The van der Waals surface area contributed by atoms with E-state index in [2.05, 4.69) is 18.0 Å². The number of aromatic carboxylic acids is 1. The van der Waals surface area contributed by atoms with Crippen molar-refractivity contribution in [3.8, 4) is 5.75 Å². The maximum absolute atomic E-state index is 12.9. The Morgan fingerprint density at radius 3 is 2.68 bits per heavy atom. The van der Waals surface area contributed by atoms with Gasteiger partial charge in [-0.2, -0.15) is 0 Å². The van der Waals surface area contributed by atoms with E-state index in [1.54, 1.807) is 12.1 Å². The van der Waals surface area contributed by atoms with Crippen LogP contribution in [0.25, 0.3) is 0 Å². The van der Waals surface area contributed by atoms with E-state index in [0.717, 1.165) is 61.0 Å². The molecular formula is C28H35NO5. The molecule has 6 nitrogen and oxygen atoms in total. The number of carboxylic acid groups (broad SMARTS) is 1. The van der Waals surface area contributed by atoms with Crippen LogP contribution in [0.5, 0.6) is 5.75 Å². The van der Waals surface area contributed by atoms with E-state index in [1.165, 1.54) is 0 Å². The molecule has 182 valence electrons. The minimum atomic E-state index is -0.949. The maximum Gasteiger partial charge on any atom is 0.335 e. The largest absolute Gasteiger partial charge is 0.488 e. The van der Waals surface area contributed by atoms with Crippen molar-refractivity contribution < 1.29 is 24.2 Å². The average molecular weight is 466 g/mol. The topological polar surface area (TPSA) is 84.9 Å². The van der Waals surface area contributed by atoms with Gasteiger partial charge >= 0.3 is 5.97 Å². The zero-order chi connectivity index (χ0) is 24.5. The molecule has 0 aromatic heterocycles. The first-order chi connectivity index (χ1) is 16.4. The van der Waals surface area contributed by atoms with Crippen LogP contribution in [-0.2, 0) is 16.1 Å². The molecule has 0 aliphatic carbocycles. The lowest BCUT2D eigenvalue weighted by Gasteiger charge is -2.26. The molecule has 1 aliphatic heterocycles. The molecule has 2 unspecified atom stereocenters. The highest BCUT2D eigenvalue weighted by molar-refractivity contribution is 5.88. The highest BCUT2D eigenvalue weighted by atomic mass is 16.5. The van der Waals surface area contributed by atoms with E-state index in [-0.39, 0.29) is 23.4 Å². The molecule has 2 aromatic carbocycles. The van der Waals surface area contributed by atoms with Crippen LogP contribution in [-0.4, -0.2) is 30.2 Å². The minimum absolute atomic E-state index is 0.0507. The fourth-order valence-corrected chi connectivity index (χ4v) is 4.38. The fraction of sp³-hybridized carbons (Fsp3) is 0.429. The van der Waals surface area contributed by atoms with Crippen molar-refractivity contribution in [2.24, 2.45) is 5.92 Å². The van der Waals surface area contributed by atoms with E-state index in [9.17, 15) is 14.7 Å². The number of amides is 1. The number of unbranched alkanes of at least 4 members (excludes halogenated alkanes) is 1. The molecular weight excluding hydrogens is 430 g/mol. The van der Waals surface area contributed by atoms with Gasteiger partial charge in [0.2, 0.25) is 5.91 Å². The second-order valence-corrected chi connectivity index (χ2v) is 8.97. The SMILES string of the molecule is C=CCCCC(NC(=O)C1CCCOC1)c1cccc(COc2c(C)cc(C(=O)O)cc2C)c1. The van der Waals surface area contributed by atoms with Gasteiger partial charge < -0.3 is 19.9 Å². The molecule has 2 atom stereocenters. The standard InChI is InChI=1S/C28H35NO5/c1-4-5-6-12-25(29-27(30)23-11-8-13-33-18-23)22-10-7-9-21(16-22)17-34-26-19(2)14-24(28(31)32)15-20(26)3/h4,7,9-10,14-16,23,25H,1,5-6,8,11-13,17-18H2,2-3H3,(H,29,30)(H,31,32). The average Bonchev–Trinajstić information content (AvgIpc) is 2.83. The predicted molar refractivity (Wildman–Crippen MR) is 132 cm³/mol. The van der Waals surface area contributed by atoms with Crippen LogP contribution < -0.4 is 10.1 Å². The number of carbonyl (C=O) groups excluding carboxylic acids is 1. The van der Waals surface area contributed by atoms with Gasteiger partial charge in [0, 0.05) is 6.61 Å². The second-order valence-electron chi connectivity index (χ2n) is 8.97. The van der Waals surface area contributed by atoms with Crippen molar-refractivity contribution in [3.05, 3.63) is 76.9 Å². The summed E-state index contributed by atoms with van der Waals surface area (Å²) >= 11 is 0. The monoisotopic (exact) mass is 465 g/mol. The van der Waals surface area contributed by atoms with Crippen molar-refractivity contribution in [2.45, 2.75) is 58.6 Å². The molecule has 2 N–H and O–H groups in total. The van der Waals surface area contributed by atoms with Crippen molar-refractivity contribution in [3.63, 3.8) is 0 Å². The summed E-state index contributed by atoms with van der Waals surface area (Å²) in [6.45, 7) is 9.08. The van der Waals surface area contributed by atoms with Crippen LogP contribution in [0.1, 0.15) is 70.8 Å². The zero-order valence-corrected chi connectivity index (χ0v) is 20.1. The summed E-state index contributed by atoms with van der Waals surface area (Å²) in [5, 5.41) is 12.5. The Kier molecular flexibility index (Phi) is 9.28. The van der Waals surface area contributed by atoms with Gasteiger partial charge in [-0.05, 0) is 80.3 Å². The number of allylic oxidation sites excluding steroid dienone is 1. The van der Waals surface area contributed by atoms with Gasteiger partial charge in [0.15, 0.2) is 0 Å². The number of carbonyl (C=O) groups is 2. The second kappa shape index (κ2) is 12.4. The maximum atomic E-state index is 12.9. The first-order valence-corrected chi connectivity index (χ1v) is 11.9. The number of rotatable bonds is 11. The van der Waals surface area contributed by atoms with Crippen molar-refractivity contribution >= 4 is 11.9 Å². The van der Waals surface area contributed by atoms with Crippen LogP contribution in [0.2, 0.25) is 0 Å². The van der Waals surface area contributed by atoms with Crippen LogP contribution in [0.4, 0.5) is 0 Å². The van der Waals surface area contributed by atoms with E-state index in [1.807, 2.05) is 38.1 Å². The smallest absolute Gasteiger partial charge is 0.335 e. The number of ether oxygens (including phenoxy) is 2. The molecule has 0 bridgehead atoms. The molecule has 2 aromatic rings. The van der Waals surface area contributed by atoms with Gasteiger partial charge in [0.05, 0.1) is 24.1 Å². The fourth-order valence-electron chi connectivity index (χ4n) is 4.38. The van der Waals surface area contributed by atoms with Crippen LogP contribution in [0.3, 0.4) is 0 Å². The molecule has 1 heterocycles. The molecule has 3 rings (SSSR count). The lowest BCUT2D eigenvalue weighted by atomic mass is 9.96. The molecule has 1 saturated heterocycles.